The molecule has 1 aliphatic heterocycles. The van der Waals surface area contributed by atoms with E-state index >= 15 is 0 Å². The van der Waals surface area contributed by atoms with E-state index < -0.39 is 0 Å². The van der Waals surface area contributed by atoms with Gasteiger partial charge < -0.3 is 9.73 Å². The number of hydrogen-bond acceptors (Lipinski definition) is 5. The second-order valence-electron chi connectivity index (χ2n) is 7.78. The van der Waals surface area contributed by atoms with Gasteiger partial charge in [0.15, 0.2) is 0 Å². The van der Waals surface area contributed by atoms with Gasteiger partial charge in [0, 0.05) is 12.5 Å². The van der Waals surface area contributed by atoms with Crippen LogP contribution in [0.3, 0.4) is 0 Å². The summed E-state index contributed by atoms with van der Waals surface area (Å²) in [5.41, 5.74) is 3.01. The van der Waals surface area contributed by atoms with Crippen molar-refractivity contribution in [1.29, 1.82) is 0 Å². The molecular weight excluding hydrogens is 368 g/mol. The Balaban J connectivity index is 1.74. The molecule has 29 heavy (non-hydrogen) atoms. The molecule has 0 spiro atoms. The summed E-state index contributed by atoms with van der Waals surface area (Å²) in [6.07, 6.45) is 2.18. The van der Waals surface area contributed by atoms with Crippen LogP contribution in [0.5, 0.6) is 0 Å². The number of nitrogens with zero attached hydrogens (tertiary/aromatic N) is 3. The van der Waals surface area contributed by atoms with E-state index in [-0.39, 0.29) is 37.0 Å². The van der Waals surface area contributed by atoms with Gasteiger partial charge in [-0.05, 0) is 45.5 Å². The van der Waals surface area contributed by atoms with Crippen LogP contribution in [0, 0.1) is 6.92 Å². The lowest BCUT2D eigenvalue weighted by molar-refractivity contribution is -0.134. The number of nitrogens with one attached hydrogen (secondary N) is 1. The van der Waals surface area contributed by atoms with Crippen molar-refractivity contribution in [2.24, 2.45) is 5.10 Å². The van der Waals surface area contributed by atoms with Crippen molar-refractivity contribution < 1.29 is 14.0 Å². The van der Waals surface area contributed by atoms with Crippen molar-refractivity contribution in [3.8, 4) is 0 Å². The number of benzene rings is 1. The van der Waals surface area contributed by atoms with E-state index in [1.165, 1.54) is 10.6 Å². The maximum atomic E-state index is 13.0. The van der Waals surface area contributed by atoms with Gasteiger partial charge in [0.05, 0.1) is 25.1 Å². The summed E-state index contributed by atoms with van der Waals surface area (Å²) in [6.45, 7) is 6.09. The fraction of sp³-hybridized carbons (Fsp3) is 0.409. The van der Waals surface area contributed by atoms with E-state index in [1.54, 1.807) is 18.2 Å². The Morgan fingerprint density at radius 2 is 1.97 bits per heavy atom. The normalized spacial score (nSPS) is 16.4. The predicted octanol–water partition coefficient (Wildman–Crippen LogP) is 2.72. The molecule has 0 radical (unpaired) electrons. The summed E-state index contributed by atoms with van der Waals surface area (Å²) in [4.78, 5) is 26.7. The van der Waals surface area contributed by atoms with Gasteiger partial charge in [0.2, 0.25) is 5.91 Å². The minimum absolute atomic E-state index is 0.0650. The zero-order valence-electron chi connectivity index (χ0n) is 17.4. The van der Waals surface area contributed by atoms with Crippen LogP contribution < -0.4 is 5.32 Å². The van der Waals surface area contributed by atoms with E-state index in [0.717, 1.165) is 11.3 Å². The van der Waals surface area contributed by atoms with Gasteiger partial charge in [-0.1, -0.05) is 29.8 Å². The summed E-state index contributed by atoms with van der Waals surface area (Å²) in [5.74, 6) is 0.418. The van der Waals surface area contributed by atoms with Crippen molar-refractivity contribution in [2.75, 3.05) is 20.1 Å². The van der Waals surface area contributed by atoms with Gasteiger partial charge in [-0.2, -0.15) is 5.10 Å². The highest BCUT2D eigenvalue weighted by Crippen LogP contribution is 2.33. The van der Waals surface area contributed by atoms with Gasteiger partial charge in [-0.3, -0.25) is 14.5 Å². The third kappa shape index (κ3) is 5.32. The molecule has 1 aromatic heterocycles. The first-order chi connectivity index (χ1) is 13.8. The molecule has 3 rings (SSSR count). The molecule has 7 nitrogen and oxygen atoms in total. The van der Waals surface area contributed by atoms with Crippen LogP contribution in [-0.2, 0) is 9.59 Å². The highest BCUT2D eigenvalue weighted by atomic mass is 16.3. The minimum Gasteiger partial charge on any atom is -0.467 e. The van der Waals surface area contributed by atoms with E-state index in [1.807, 2.05) is 57.2 Å². The number of rotatable bonds is 7. The molecule has 1 atom stereocenters. The first kappa shape index (κ1) is 20.8. The number of amides is 2. The standard InChI is InChI=1S/C22H28N4O3/c1-15(2)23-21(27)13-25(4)14-22(28)26-19(20-6-5-11-29-20)12-18(24-26)17-9-7-16(3)8-10-17/h5-11,15,19H,12-14H2,1-4H3,(H,23,27)/t19-/m1/s1. The molecule has 0 aliphatic carbocycles. The third-order valence-electron chi connectivity index (χ3n) is 4.69. The largest absolute Gasteiger partial charge is 0.467 e. The Morgan fingerprint density at radius 1 is 1.24 bits per heavy atom. The van der Waals surface area contributed by atoms with Crippen LogP contribution in [0.4, 0.5) is 0 Å². The molecule has 2 heterocycles. The molecule has 1 N–H and O–H groups in total. The van der Waals surface area contributed by atoms with Crippen molar-refractivity contribution in [3.05, 3.63) is 59.5 Å². The zero-order valence-corrected chi connectivity index (χ0v) is 17.4. The van der Waals surface area contributed by atoms with Crippen molar-refractivity contribution >= 4 is 17.5 Å². The van der Waals surface area contributed by atoms with Crippen LogP contribution in [0.15, 0.2) is 52.2 Å². The van der Waals surface area contributed by atoms with Gasteiger partial charge in [-0.15, -0.1) is 0 Å². The molecule has 0 saturated carbocycles. The minimum atomic E-state index is -0.285. The molecule has 1 aromatic carbocycles. The van der Waals surface area contributed by atoms with E-state index in [4.69, 9.17) is 4.42 Å². The molecule has 1 aliphatic rings. The predicted molar refractivity (Wildman–Crippen MR) is 111 cm³/mol. The molecule has 0 bridgehead atoms. The van der Waals surface area contributed by atoms with Crippen LogP contribution in [-0.4, -0.2) is 53.6 Å². The molecule has 2 amide bonds. The lowest BCUT2D eigenvalue weighted by Crippen LogP contribution is -2.42. The van der Waals surface area contributed by atoms with Gasteiger partial charge in [0.1, 0.15) is 11.8 Å². The number of carbonyl (C=O) groups is 2. The molecule has 154 valence electrons. The maximum absolute atomic E-state index is 13.0. The SMILES string of the molecule is Cc1ccc(C2=NN(C(=O)CN(C)CC(=O)NC(C)C)[C@@H](c3ccco3)C2)cc1. The highest BCUT2D eigenvalue weighted by Gasteiger charge is 2.35. The molecule has 7 heteroatoms. The second kappa shape index (κ2) is 9.05. The monoisotopic (exact) mass is 396 g/mol. The molecular formula is C22H28N4O3. The van der Waals surface area contributed by atoms with Crippen molar-refractivity contribution in [1.82, 2.24) is 15.2 Å². The number of furan rings is 1. The smallest absolute Gasteiger partial charge is 0.257 e. The average molecular weight is 396 g/mol. The quantitative estimate of drug-likeness (QED) is 0.781. The molecule has 0 fully saturated rings. The topological polar surface area (TPSA) is 78.2 Å². The fourth-order valence-corrected chi connectivity index (χ4v) is 3.34. The zero-order chi connectivity index (χ0) is 21.0. The molecule has 0 saturated heterocycles. The number of likely N-dealkylation sites (N-methyl/N-ethyl adjacent to an activating group) is 1. The van der Waals surface area contributed by atoms with Crippen LogP contribution in [0.2, 0.25) is 0 Å². The second-order valence-corrected chi connectivity index (χ2v) is 7.78. The number of carbonyl (C=O) groups excluding carboxylic acids is 2. The Morgan fingerprint density at radius 3 is 2.59 bits per heavy atom. The Hall–Kier alpha value is -2.93. The summed E-state index contributed by atoms with van der Waals surface area (Å²) in [7, 11) is 1.75. The third-order valence-corrected chi connectivity index (χ3v) is 4.69. The highest BCUT2D eigenvalue weighted by molar-refractivity contribution is 6.03. The maximum Gasteiger partial charge on any atom is 0.257 e. The van der Waals surface area contributed by atoms with Crippen LogP contribution in [0.1, 0.15) is 43.2 Å². The van der Waals surface area contributed by atoms with E-state index in [2.05, 4.69) is 10.4 Å². The van der Waals surface area contributed by atoms with E-state index in [9.17, 15) is 9.59 Å². The van der Waals surface area contributed by atoms with Gasteiger partial charge >= 0.3 is 0 Å². The van der Waals surface area contributed by atoms with Crippen molar-refractivity contribution in [2.45, 2.75) is 39.3 Å². The number of aryl methyl sites for hydroxylation is 1. The lowest BCUT2D eigenvalue weighted by atomic mass is 10.0. The molecule has 2 aromatic rings. The Labute approximate surface area is 171 Å². The summed E-state index contributed by atoms with van der Waals surface area (Å²) in [6, 6.07) is 11.6. The van der Waals surface area contributed by atoms with Crippen molar-refractivity contribution in [3.63, 3.8) is 0 Å². The summed E-state index contributed by atoms with van der Waals surface area (Å²) >= 11 is 0. The van der Waals surface area contributed by atoms with Crippen LogP contribution in [0.25, 0.3) is 0 Å². The average Bonchev–Trinajstić information content (AvgIpc) is 3.31. The fourth-order valence-electron chi connectivity index (χ4n) is 3.34. The number of hydrazone groups is 1. The van der Waals surface area contributed by atoms with Crippen LogP contribution >= 0.6 is 0 Å². The molecule has 0 unspecified atom stereocenters. The van der Waals surface area contributed by atoms with E-state index in [0.29, 0.717) is 12.2 Å². The van der Waals surface area contributed by atoms with Gasteiger partial charge in [0.25, 0.3) is 5.91 Å². The van der Waals surface area contributed by atoms with Gasteiger partial charge in [-0.25, -0.2) is 5.01 Å². The number of hydrogen-bond donors (Lipinski definition) is 1. The first-order valence-electron chi connectivity index (χ1n) is 9.81. The Kier molecular flexibility index (Phi) is 6.49. The summed E-state index contributed by atoms with van der Waals surface area (Å²) < 4.78 is 5.57. The Bertz CT molecular complexity index is 872. The summed E-state index contributed by atoms with van der Waals surface area (Å²) in [5, 5.41) is 8.94. The lowest BCUT2D eigenvalue weighted by Gasteiger charge is -2.23. The first-order valence-corrected chi connectivity index (χ1v) is 9.81.